The summed E-state index contributed by atoms with van der Waals surface area (Å²) in [4.78, 5) is 0. The molecule has 1 rings (SSSR count). The smallest absolute Gasteiger partial charge is 0.0947 e. The van der Waals surface area contributed by atoms with Crippen molar-refractivity contribution in [2.75, 3.05) is 0 Å². The van der Waals surface area contributed by atoms with Gasteiger partial charge in [0.25, 0.3) is 0 Å². The van der Waals surface area contributed by atoms with E-state index in [2.05, 4.69) is 25.1 Å². The maximum absolute atomic E-state index is 8.72. The number of aryl methyl sites for hydroxylation is 1. The maximum atomic E-state index is 8.72. The maximum Gasteiger partial charge on any atom is 0.0947 e. The molecule has 0 aromatic heterocycles. The summed E-state index contributed by atoms with van der Waals surface area (Å²) in [5.74, 6) is 0. The molecule has 0 saturated heterocycles. The van der Waals surface area contributed by atoms with Crippen LogP contribution < -0.4 is 0 Å². The number of allylic oxidation sites excluding steroid dienone is 1. The highest BCUT2D eigenvalue weighted by Crippen LogP contribution is 2.09. The normalized spacial score (nSPS) is 11.0. The average molecular weight is 171 g/mol. The molecule has 0 fully saturated rings. The summed E-state index contributed by atoms with van der Waals surface area (Å²) in [6.07, 6.45) is 2.73. The second kappa shape index (κ2) is 4.47. The molecule has 1 aromatic rings. The first-order valence-corrected chi connectivity index (χ1v) is 4.43. The van der Waals surface area contributed by atoms with Gasteiger partial charge >= 0.3 is 0 Å². The van der Waals surface area contributed by atoms with E-state index in [-0.39, 0.29) is 0 Å². The van der Waals surface area contributed by atoms with Crippen molar-refractivity contribution >= 4 is 6.08 Å². The third-order valence-corrected chi connectivity index (χ3v) is 1.94. The van der Waals surface area contributed by atoms with E-state index in [1.54, 1.807) is 0 Å². The Bertz CT molecular complexity index is 338. The van der Waals surface area contributed by atoms with E-state index in [1.807, 2.05) is 25.1 Å². The van der Waals surface area contributed by atoms with Crippen LogP contribution in [-0.2, 0) is 0 Å². The number of hydrogen-bond donors (Lipinski definition) is 0. The van der Waals surface area contributed by atoms with Gasteiger partial charge in [-0.15, -0.1) is 0 Å². The Labute approximate surface area is 79.3 Å². The molecule has 0 amide bonds. The van der Waals surface area contributed by atoms with Crippen LogP contribution in [0.25, 0.3) is 6.08 Å². The summed E-state index contributed by atoms with van der Waals surface area (Å²) in [5, 5.41) is 8.72. The molecule has 0 saturated carbocycles. The van der Waals surface area contributed by atoms with Gasteiger partial charge < -0.3 is 0 Å². The van der Waals surface area contributed by atoms with Gasteiger partial charge in [0.2, 0.25) is 0 Å². The molecule has 0 aliphatic heterocycles. The first-order chi connectivity index (χ1) is 6.26. The summed E-state index contributed by atoms with van der Waals surface area (Å²) >= 11 is 0. The number of nitriles is 1. The lowest BCUT2D eigenvalue weighted by atomic mass is 10.1. The lowest BCUT2D eigenvalue weighted by Gasteiger charge is -1.95. The highest BCUT2D eigenvalue weighted by atomic mass is 14.2. The van der Waals surface area contributed by atoms with Gasteiger partial charge in [-0.05, 0) is 25.0 Å². The molecule has 1 heteroatoms. The van der Waals surface area contributed by atoms with Crippen LogP contribution in [0.15, 0.2) is 29.8 Å². The fourth-order valence-electron chi connectivity index (χ4n) is 1.08. The lowest BCUT2D eigenvalue weighted by molar-refractivity contribution is 1.16. The van der Waals surface area contributed by atoms with Gasteiger partial charge in [0.15, 0.2) is 0 Å². The van der Waals surface area contributed by atoms with Gasteiger partial charge in [-0.2, -0.15) is 5.26 Å². The molecule has 0 N–H and O–H groups in total. The molecule has 0 atom stereocenters. The van der Waals surface area contributed by atoms with E-state index >= 15 is 0 Å². The summed E-state index contributed by atoms with van der Waals surface area (Å²) in [6, 6.07) is 10.3. The van der Waals surface area contributed by atoms with Crippen molar-refractivity contribution in [1.82, 2.24) is 0 Å². The van der Waals surface area contributed by atoms with E-state index in [0.29, 0.717) is 0 Å². The lowest BCUT2D eigenvalue weighted by Crippen LogP contribution is -1.78. The number of nitrogens with zero attached hydrogens (tertiary/aromatic N) is 1. The van der Waals surface area contributed by atoms with Crippen molar-refractivity contribution in [1.29, 1.82) is 5.26 Å². The highest BCUT2D eigenvalue weighted by Gasteiger charge is 1.92. The van der Waals surface area contributed by atoms with Crippen molar-refractivity contribution in [3.05, 3.63) is 41.0 Å². The van der Waals surface area contributed by atoms with Crippen LogP contribution in [0.1, 0.15) is 24.5 Å². The van der Waals surface area contributed by atoms with Gasteiger partial charge in [0, 0.05) is 5.57 Å². The van der Waals surface area contributed by atoms with Gasteiger partial charge in [0.1, 0.15) is 0 Å². The Hall–Kier alpha value is -1.55. The minimum absolute atomic E-state index is 0.796. The van der Waals surface area contributed by atoms with E-state index in [4.69, 9.17) is 5.26 Å². The summed E-state index contributed by atoms with van der Waals surface area (Å²) in [6.45, 7) is 4.04. The van der Waals surface area contributed by atoms with E-state index < -0.39 is 0 Å². The fraction of sp³-hybridized carbons (Fsp3) is 0.250. The Morgan fingerprint density at radius 2 is 2.00 bits per heavy atom. The zero-order valence-corrected chi connectivity index (χ0v) is 8.04. The molecule has 1 nitrogen and oxygen atoms in total. The number of benzene rings is 1. The van der Waals surface area contributed by atoms with Gasteiger partial charge in [-0.25, -0.2) is 0 Å². The largest absolute Gasteiger partial charge is 0.193 e. The van der Waals surface area contributed by atoms with Gasteiger partial charge in [0.05, 0.1) is 6.07 Å². The van der Waals surface area contributed by atoms with Crippen LogP contribution in [0.5, 0.6) is 0 Å². The van der Waals surface area contributed by atoms with Gasteiger partial charge in [-0.3, -0.25) is 0 Å². The molecule has 0 aliphatic rings. The molecule has 0 unspecified atom stereocenters. The molecular formula is C12H13N. The molecule has 13 heavy (non-hydrogen) atoms. The van der Waals surface area contributed by atoms with Crippen LogP contribution in [-0.4, -0.2) is 0 Å². The Morgan fingerprint density at radius 3 is 2.46 bits per heavy atom. The summed E-state index contributed by atoms with van der Waals surface area (Å²) < 4.78 is 0. The average Bonchev–Trinajstić information content (AvgIpc) is 2.17. The molecule has 0 aliphatic carbocycles. The SMILES string of the molecule is CCC(C#N)=Cc1ccc(C)cc1. The van der Waals surface area contributed by atoms with Crippen LogP contribution in [0.2, 0.25) is 0 Å². The fourth-order valence-corrected chi connectivity index (χ4v) is 1.08. The molecule has 0 heterocycles. The van der Waals surface area contributed by atoms with Crippen LogP contribution in [0, 0.1) is 18.3 Å². The number of hydrogen-bond acceptors (Lipinski definition) is 1. The first-order valence-electron chi connectivity index (χ1n) is 4.43. The van der Waals surface area contributed by atoms with Crippen molar-refractivity contribution in [3.8, 4) is 6.07 Å². The molecule has 1 aromatic carbocycles. The molecular weight excluding hydrogens is 158 g/mol. The van der Waals surface area contributed by atoms with Crippen molar-refractivity contribution in [2.45, 2.75) is 20.3 Å². The minimum Gasteiger partial charge on any atom is -0.193 e. The standard InChI is InChI=1S/C12H13N/c1-3-11(9-13)8-12-6-4-10(2)5-7-12/h4-8H,3H2,1-2H3. The van der Waals surface area contributed by atoms with Crippen molar-refractivity contribution in [2.24, 2.45) is 0 Å². The summed E-state index contributed by atoms with van der Waals surface area (Å²) in [7, 11) is 0. The predicted molar refractivity (Wildman–Crippen MR) is 55.1 cm³/mol. The minimum atomic E-state index is 0.796. The second-order valence-electron chi connectivity index (χ2n) is 3.05. The van der Waals surface area contributed by atoms with E-state index in [0.717, 1.165) is 17.6 Å². The Kier molecular flexibility index (Phi) is 3.28. The van der Waals surface area contributed by atoms with Crippen molar-refractivity contribution < 1.29 is 0 Å². The monoisotopic (exact) mass is 171 g/mol. The van der Waals surface area contributed by atoms with Crippen LogP contribution >= 0.6 is 0 Å². The molecule has 0 radical (unpaired) electrons. The Balaban J connectivity index is 2.92. The topological polar surface area (TPSA) is 23.8 Å². The zero-order chi connectivity index (χ0) is 9.68. The Morgan fingerprint density at radius 1 is 1.38 bits per heavy atom. The summed E-state index contributed by atoms with van der Waals surface area (Å²) in [5.41, 5.74) is 3.17. The second-order valence-corrected chi connectivity index (χ2v) is 3.05. The molecule has 66 valence electrons. The van der Waals surface area contributed by atoms with Crippen molar-refractivity contribution in [3.63, 3.8) is 0 Å². The molecule has 0 bridgehead atoms. The number of rotatable bonds is 2. The van der Waals surface area contributed by atoms with Crippen LogP contribution in [0.3, 0.4) is 0 Å². The third-order valence-electron chi connectivity index (χ3n) is 1.94. The van der Waals surface area contributed by atoms with Crippen LogP contribution in [0.4, 0.5) is 0 Å². The quantitative estimate of drug-likeness (QED) is 0.626. The zero-order valence-electron chi connectivity index (χ0n) is 8.04. The van der Waals surface area contributed by atoms with Gasteiger partial charge in [-0.1, -0.05) is 36.8 Å². The van der Waals surface area contributed by atoms with E-state index in [1.165, 1.54) is 5.56 Å². The first kappa shape index (κ1) is 9.54. The predicted octanol–water partition coefficient (Wildman–Crippen LogP) is 3.31. The molecule has 0 spiro atoms. The highest BCUT2D eigenvalue weighted by molar-refractivity contribution is 5.56. The third kappa shape index (κ3) is 2.76. The van der Waals surface area contributed by atoms with E-state index in [9.17, 15) is 0 Å².